The van der Waals surface area contributed by atoms with Gasteiger partial charge in [-0.1, -0.05) is 17.7 Å². The predicted octanol–water partition coefficient (Wildman–Crippen LogP) is 2.16. The molecule has 0 aliphatic rings. The molecule has 17 heavy (non-hydrogen) atoms. The third-order valence-corrected chi connectivity index (χ3v) is 2.14. The summed E-state index contributed by atoms with van der Waals surface area (Å²) in [6.07, 6.45) is 0. The zero-order chi connectivity index (χ0) is 12.0. The molecule has 0 aromatic heterocycles. The molecule has 1 rings (SSSR count). The third kappa shape index (κ3) is 5.26. The summed E-state index contributed by atoms with van der Waals surface area (Å²) in [6, 6.07) is 5.12. The Labute approximate surface area is 111 Å². The number of esters is 1. The quantitative estimate of drug-likeness (QED) is 0.840. The van der Waals surface area contributed by atoms with Crippen LogP contribution < -0.4 is 10.5 Å². The fourth-order valence-electron chi connectivity index (χ4n) is 1.17. The zero-order valence-corrected chi connectivity index (χ0v) is 11.0. The summed E-state index contributed by atoms with van der Waals surface area (Å²) in [5.41, 5.74) is 6.33. The monoisotopic (exact) mass is 279 g/mol. The molecule has 2 N–H and O–H groups in total. The van der Waals surface area contributed by atoms with Gasteiger partial charge in [-0.15, -0.1) is 12.4 Å². The fourth-order valence-corrected chi connectivity index (χ4v) is 1.33. The molecule has 0 bridgehead atoms. The second kappa shape index (κ2) is 8.17. The molecular formula is C11H15Cl2NO3. The van der Waals surface area contributed by atoms with E-state index < -0.39 is 5.97 Å². The van der Waals surface area contributed by atoms with Gasteiger partial charge in [0.05, 0.1) is 6.61 Å². The molecule has 0 amide bonds. The lowest BCUT2D eigenvalue weighted by Crippen LogP contribution is -2.15. The smallest absolute Gasteiger partial charge is 0.344 e. The van der Waals surface area contributed by atoms with E-state index in [0.717, 1.165) is 5.56 Å². The van der Waals surface area contributed by atoms with Crippen LogP contribution in [-0.2, 0) is 16.1 Å². The SMILES string of the molecule is CCOC(=O)COc1cc(Cl)ccc1CN.Cl. The van der Waals surface area contributed by atoms with Crippen molar-refractivity contribution in [2.75, 3.05) is 13.2 Å². The van der Waals surface area contributed by atoms with E-state index in [1.165, 1.54) is 0 Å². The Morgan fingerprint density at radius 2 is 2.18 bits per heavy atom. The van der Waals surface area contributed by atoms with Crippen molar-refractivity contribution in [3.63, 3.8) is 0 Å². The van der Waals surface area contributed by atoms with Crippen molar-refractivity contribution in [1.29, 1.82) is 0 Å². The van der Waals surface area contributed by atoms with Crippen LogP contribution in [0.2, 0.25) is 5.02 Å². The van der Waals surface area contributed by atoms with Gasteiger partial charge in [0, 0.05) is 17.1 Å². The third-order valence-electron chi connectivity index (χ3n) is 1.90. The van der Waals surface area contributed by atoms with Gasteiger partial charge < -0.3 is 15.2 Å². The number of rotatable bonds is 5. The van der Waals surface area contributed by atoms with Gasteiger partial charge in [-0.25, -0.2) is 4.79 Å². The van der Waals surface area contributed by atoms with E-state index in [1.807, 2.05) is 0 Å². The molecule has 0 spiro atoms. The molecule has 0 aliphatic heterocycles. The van der Waals surface area contributed by atoms with Crippen LogP contribution in [-0.4, -0.2) is 19.2 Å². The molecule has 0 aliphatic carbocycles. The molecule has 0 atom stereocenters. The van der Waals surface area contributed by atoms with Crippen molar-refractivity contribution in [2.24, 2.45) is 5.73 Å². The van der Waals surface area contributed by atoms with Crippen LogP contribution in [0, 0.1) is 0 Å². The molecular weight excluding hydrogens is 265 g/mol. The molecule has 0 saturated heterocycles. The summed E-state index contributed by atoms with van der Waals surface area (Å²) in [5.74, 6) is 0.105. The summed E-state index contributed by atoms with van der Waals surface area (Å²) >= 11 is 5.81. The molecule has 4 nitrogen and oxygen atoms in total. The van der Waals surface area contributed by atoms with Gasteiger partial charge in [-0.2, -0.15) is 0 Å². The highest BCUT2D eigenvalue weighted by Crippen LogP contribution is 2.22. The van der Waals surface area contributed by atoms with Crippen molar-refractivity contribution in [3.8, 4) is 5.75 Å². The molecule has 0 unspecified atom stereocenters. The number of carbonyl (C=O) groups excluding carboxylic acids is 1. The van der Waals surface area contributed by atoms with Crippen molar-refractivity contribution in [2.45, 2.75) is 13.5 Å². The lowest BCUT2D eigenvalue weighted by Gasteiger charge is -2.10. The predicted molar refractivity (Wildman–Crippen MR) is 68.7 cm³/mol. The van der Waals surface area contributed by atoms with Crippen molar-refractivity contribution in [3.05, 3.63) is 28.8 Å². The van der Waals surface area contributed by atoms with Crippen molar-refractivity contribution in [1.82, 2.24) is 0 Å². The lowest BCUT2D eigenvalue weighted by atomic mass is 10.2. The van der Waals surface area contributed by atoms with E-state index in [2.05, 4.69) is 0 Å². The maximum Gasteiger partial charge on any atom is 0.344 e. The number of nitrogens with two attached hydrogens (primary N) is 1. The first-order chi connectivity index (χ1) is 7.67. The van der Waals surface area contributed by atoms with Crippen LogP contribution in [0.15, 0.2) is 18.2 Å². The topological polar surface area (TPSA) is 61.5 Å². The fraction of sp³-hybridized carbons (Fsp3) is 0.364. The molecule has 1 aromatic carbocycles. The first-order valence-corrected chi connectivity index (χ1v) is 5.32. The van der Waals surface area contributed by atoms with Crippen molar-refractivity contribution >= 4 is 30.0 Å². The van der Waals surface area contributed by atoms with Crippen LogP contribution in [0.5, 0.6) is 5.75 Å². The van der Waals surface area contributed by atoms with Gasteiger partial charge in [0.2, 0.25) is 0 Å². The standard InChI is InChI=1S/C11H14ClNO3.ClH/c1-2-15-11(14)7-16-10-5-9(12)4-3-8(10)6-13;/h3-5H,2,6-7,13H2,1H3;1H. The van der Waals surface area contributed by atoms with Gasteiger partial charge in [0.1, 0.15) is 5.75 Å². The Bertz CT molecular complexity index is 372. The zero-order valence-electron chi connectivity index (χ0n) is 9.44. The van der Waals surface area contributed by atoms with Crippen LogP contribution >= 0.6 is 24.0 Å². The maximum atomic E-state index is 11.1. The Hall–Kier alpha value is -0.970. The van der Waals surface area contributed by atoms with E-state index in [1.54, 1.807) is 25.1 Å². The van der Waals surface area contributed by atoms with Crippen LogP contribution in [0.4, 0.5) is 0 Å². The number of carbonyl (C=O) groups is 1. The van der Waals surface area contributed by atoms with Crippen LogP contribution in [0.25, 0.3) is 0 Å². The summed E-state index contributed by atoms with van der Waals surface area (Å²) in [6.45, 7) is 2.26. The largest absolute Gasteiger partial charge is 0.482 e. The molecule has 96 valence electrons. The highest BCUT2D eigenvalue weighted by Gasteiger charge is 2.07. The summed E-state index contributed by atoms with van der Waals surface area (Å²) in [7, 11) is 0. The highest BCUT2D eigenvalue weighted by atomic mass is 35.5. The lowest BCUT2D eigenvalue weighted by molar-refractivity contribution is -0.145. The number of hydrogen-bond acceptors (Lipinski definition) is 4. The Morgan fingerprint density at radius 1 is 1.47 bits per heavy atom. The van der Waals surface area contributed by atoms with Crippen LogP contribution in [0.3, 0.4) is 0 Å². The number of halogens is 2. The minimum absolute atomic E-state index is 0. The Morgan fingerprint density at radius 3 is 2.76 bits per heavy atom. The van der Waals surface area contributed by atoms with E-state index >= 15 is 0 Å². The Kier molecular flexibility index (Phi) is 7.70. The van der Waals surface area contributed by atoms with Crippen molar-refractivity contribution < 1.29 is 14.3 Å². The van der Waals surface area contributed by atoms with Gasteiger partial charge in [0.15, 0.2) is 6.61 Å². The average molecular weight is 280 g/mol. The number of ether oxygens (including phenoxy) is 2. The minimum Gasteiger partial charge on any atom is -0.482 e. The molecule has 6 heteroatoms. The van der Waals surface area contributed by atoms with Crippen LogP contribution in [0.1, 0.15) is 12.5 Å². The van der Waals surface area contributed by atoms with Gasteiger partial charge >= 0.3 is 5.97 Å². The van der Waals surface area contributed by atoms with Gasteiger partial charge in [-0.3, -0.25) is 0 Å². The summed E-state index contributed by atoms with van der Waals surface area (Å²) < 4.78 is 10.0. The second-order valence-electron chi connectivity index (χ2n) is 3.05. The minimum atomic E-state index is -0.412. The number of hydrogen-bond donors (Lipinski definition) is 1. The first-order valence-electron chi connectivity index (χ1n) is 4.94. The van der Waals surface area contributed by atoms with Gasteiger partial charge in [-0.05, 0) is 19.1 Å². The maximum absolute atomic E-state index is 11.1. The number of benzene rings is 1. The molecule has 0 saturated carbocycles. The Balaban J connectivity index is 0.00000256. The van der Waals surface area contributed by atoms with E-state index in [9.17, 15) is 4.79 Å². The van der Waals surface area contributed by atoms with E-state index in [-0.39, 0.29) is 19.0 Å². The first kappa shape index (κ1) is 16.0. The van der Waals surface area contributed by atoms with Gasteiger partial charge in [0.25, 0.3) is 0 Å². The average Bonchev–Trinajstić information content (AvgIpc) is 2.27. The molecule has 0 radical (unpaired) electrons. The summed E-state index contributed by atoms with van der Waals surface area (Å²) in [4.78, 5) is 11.1. The normalized spacial score (nSPS) is 9.35. The molecule has 1 aromatic rings. The second-order valence-corrected chi connectivity index (χ2v) is 3.49. The van der Waals surface area contributed by atoms with E-state index in [4.69, 9.17) is 26.8 Å². The molecule has 0 heterocycles. The molecule has 0 fully saturated rings. The highest BCUT2D eigenvalue weighted by molar-refractivity contribution is 6.30. The van der Waals surface area contributed by atoms with E-state index in [0.29, 0.717) is 23.9 Å². The summed E-state index contributed by atoms with van der Waals surface area (Å²) in [5, 5.41) is 0.538.